The van der Waals surface area contributed by atoms with E-state index in [-0.39, 0.29) is 35.1 Å². The number of anilines is 1. The lowest BCUT2D eigenvalue weighted by Crippen LogP contribution is -2.50. The van der Waals surface area contributed by atoms with Gasteiger partial charge in [-0.2, -0.15) is 12.7 Å². The lowest BCUT2D eigenvalue weighted by Gasteiger charge is -2.37. The number of rotatable bonds is 10. The largest absolute Gasteiger partial charge is 0.444 e. The van der Waals surface area contributed by atoms with Gasteiger partial charge in [-0.3, -0.25) is 14.4 Å². The Morgan fingerprint density at radius 1 is 0.958 bits per heavy atom. The van der Waals surface area contributed by atoms with Crippen molar-refractivity contribution in [1.82, 2.24) is 19.2 Å². The van der Waals surface area contributed by atoms with Crippen LogP contribution in [0.4, 0.5) is 14.9 Å². The zero-order valence-corrected chi connectivity index (χ0v) is 29.6. The molecule has 1 heterocycles. The van der Waals surface area contributed by atoms with Gasteiger partial charge in [-0.25, -0.2) is 13.9 Å². The molecule has 0 spiro atoms. The van der Waals surface area contributed by atoms with Crippen LogP contribution in [0.25, 0.3) is 0 Å². The van der Waals surface area contributed by atoms with E-state index in [1.165, 1.54) is 32.6 Å². The molecule has 12 nitrogen and oxygen atoms in total. The molecule has 0 bridgehead atoms. The third-order valence-electron chi connectivity index (χ3n) is 9.93. The van der Waals surface area contributed by atoms with Gasteiger partial charge in [0.2, 0.25) is 11.8 Å². The third-order valence-corrected chi connectivity index (χ3v) is 11.3. The minimum Gasteiger partial charge on any atom is -0.444 e. The predicted octanol–water partition coefficient (Wildman–Crippen LogP) is 4.63. The average Bonchev–Trinajstić information content (AvgIpc) is 3.48. The van der Waals surface area contributed by atoms with Gasteiger partial charge in [-0.05, 0) is 94.9 Å². The molecule has 4 rings (SSSR count). The standard InChI is InChI=1S/C34H52FN5O7S/c1-34(2,3)47-33(44)37-28(21-35)23-11-13-25(14-12-23)32(43)40-20-19-27(22-9-7-6-8-10-22)29(40)31(42)36-26-17-15-24(16-18-26)30(41)38-48(45,46)39(4)5/h15-18,22-23,25,27-29H,6-14,19-21H2,1-5H3,(H,36,42)(H,37,44)(H,38,41)/t23?,25?,27-,28+,29-/m0/s1. The van der Waals surface area contributed by atoms with Crippen LogP contribution in [0, 0.1) is 23.7 Å². The Morgan fingerprint density at radius 2 is 1.58 bits per heavy atom. The van der Waals surface area contributed by atoms with Gasteiger partial charge in [0, 0.05) is 37.8 Å². The van der Waals surface area contributed by atoms with E-state index in [0.29, 0.717) is 43.8 Å². The molecular weight excluding hydrogens is 641 g/mol. The Labute approximate surface area is 284 Å². The van der Waals surface area contributed by atoms with Crippen LogP contribution in [-0.4, -0.2) is 86.4 Å². The monoisotopic (exact) mass is 693 g/mol. The Hall–Kier alpha value is -3.26. The van der Waals surface area contributed by atoms with Gasteiger partial charge in [0.1, 0.15) is 18.3 Å². The number of hydrogen-bond acceptors (Lipinski definition) is 7. The SMILES string of the molecule is CN(C)S(=O)(=O)NC(=O)c1ccc(NC(=O)[C@@H]2[C@H](C3CCCCC3)CCN2C(=O)C2CCC([C@@H](CF)NC(=O)OC(C)(C)C)CC2)cc1. The molecule has 268 valence electrons. The first-order valence-electron chi connectivity index (χ1n) is 17.1. The minimum atomic E-state index is -3.96. The van der Waals surface area contributed by atoms with Crippen molar-refractivity contribution in [1.29, 1.82) is 0 Å². The van der Waals surface area contributed by atoms with Crippen LogP contribution in [-0.2, 0) is 24.5 Å². The number of amides is 4. The summed E-state index contributed by atoms with van der Waals surface area (Å²) in [6.45, 7) is 5.02. The fourth-order valence-corrected chi connectivity index (χ4v) is 7.92. The van der Waals surface area contributed by atoms with Crippen molar-refractivity contribution in [2.75, 3.05) is 32.6 Å². The van der Waals surface area contributed by atoms with E-state index in [2.05, 4.69) is 10.6 Å². The summed E-state index contributed by atoms with van der Waals surface area (Å²) < 4.78 is 46.3. The van der Waals surface area contributed by atoms with Crippen molar-refractivity contribution in [2.24, 2.45) is 23.7 Å². The summed E-state index contributed by atoms with van der Waals surface area (Å²) >= 11 is 0. The molecule has 3 atom stereocenters. The molecule has 1 saturated heterocycles. The summed E-state index contributed by atoms with van der Waals surface area (Å²) in [5.41, 5.74) is -0.146. The Balaban J connectivity index is 1.43. The van der Waals surface area contributed by atoms with Crippen LogP contribution < -0.4 is 15.4 Å². The number of likely N-dealkylation sites (tertiary alicyclic amines) is 1. The predicted molar refractivity (Wildman–Crippen MR) is 180 cm³/mol. The quantitative estimate of drug-likeness (QED) is 0.323. The maximum atomic E-state index is 14.0. The number of nitrogens with one attached hydrogen (secondary N) is 3. The van der Waals surface area contributed by atoms with E-state index in [1.54, 1.807) is 37.8 Å². The molecule has 2 saturated carbocycles. The second-order valence-electron chi connectivity index (χ2n) is 14.6. The number of hydrogen-bond donors (Lipinski definition) is 3. The number of carbonyl (C=O) groups is 4. The van der Waals surface area contributed by atoms with E-state index in [4.69, 9.17) is 4.74 Å². The first-order chi connectivity index (χ1) is 22.6. The molecular formula is C34H52FN5O7S. The summed E-state index contributed by atoms with van der Waals surface area (Å²) in [5, 5.41) is 5.62. The maximum Gasteiger partial charge on any atom is 0.407 e. The summed E-state index contributed by atoms with van der Waals surface area (Å²) in [7, 11) is -1.34. The zero-order valence-electron chi connectivity index (χ0n) is 28.8. The van der Waals surface area contributed by atoms with Crippen LogP contribution in [0.2, 0.25) is 0 Å². The van der Waals surface area contributed by atoms with Crippen molar-refractivity contribution in [3.63, 3.8) is 0 Å². The fraction of sp³-hybridized carbons (Fsp3) is 0.706. The number of benzene rings is 1. The summed E-state index contributed by atoms with van der Waals surface area (Å²) in [4.78, 5) is 54.5. The third kappa shape index (κ3) is 9.67. The van der Waals surface area contributed by atoms with E-state index < -0.39 is 46.6 Å². The van der Waals surface area contributed by atoms with Gasteiger partial charge < -0.3 is 20.3 Å². The molecule has 48 heavy (non-hydrogen) atoms. The van der Waals surface area contributed by atoms with Crippen LogP contribution in [0.1, 0.15) is 95.3 Å². The van der Waals surface area contributed by atoms with Crippen molar-refractivity contribution in [2.45, 2.75) is 103 Å². The second-order valence-corrected chi connectivity index (χ2v) is 16.5. The molecule has 1 aliphatic heterocycles. The Morgan fingerprint density at radius 3 is 2.15 bits per heavy atom. The van der Waals surface area contributed by atoms with Gasteiger partial charge in [0.15, 0.2) is 0 Å². The van der Waals surface area contributed by atoms with Crippen molar-refractivity contribution in [3.05, 3.63) is 29.8 Å². The van der Waals surface area contributed by atoms with Crippen LogP contribution >= 0.6 is 0 Å². The molecule has 3 fully saturated rings. The number of halogens is 1. The molecule has 0 radical (unpaired) electrons. The first kappa shape index (κ1) is 37.6. The van der Waals surface area contributed by atoms with Crippen molar-refractivity contribution < 1.29 is 36.7 Å². The highest BCUT2D eigenvalue weighted by molar-refractivity contribution is 7.87. The minimum absolute atomic E-state index is 0.0285. The maximum absolute atomic E-state index is 14.0. The van der Waals surface area contributed by atoms with Gasteiger partial charge >= 0.3 is 16.3 Å². The number of alkyl carbamates (subject to hydrolysis) is 1. The molecule has 4 amide bonds. The van der Waals surface area contributed by atoms with E-state index in [0.717, 1.165) is 36.4 Å². The van der Waals surface area contributed by atoms with E-state index in [1.807, 2.05) is 4.72 Å². The number of carbonyl (C=O) groups excluding carboxylic acids is 4. The van der Waals surface area contributed by atoms with E-state index in [9.17, 15) is 32.0 Å². The highest BCUT2D eigenvalue weighted by atomic mass is 32.2. The lowest BCUT2D eigenvalue weighted by atomic mass is 9.76. The molecule has 3 aliphatic rings. The normalized spacial score (nSPS) is 24.5. The molecule has 1 aromatic carbocycles. The Kier molecular flexibility index (Phi) is 12.5. The molecule has 14 heteroatoms. The van der Waals surface area contributed by atoms with Crippen LogP contribution in [0.5, 0.6) is 0 Å². The number of nitrogens with zero attached hydrogens (tertiary/aromatic N) is 2. The lowest BCUT2D eigenvalue weighted by molar-refractivity contribution is -0.142. The van der Waals surface area contributed by atoms with E-state index >= 15 is 0 Å². The van der Waals surface area contributed by atoms with Crippen LogP contribution in [0.3, 0.4) is 0 Å². The van der Waals surface area contributed by atoms with Crippen LogP contribution in [0.15, 0.2) is 24.3 Å². The van der Waals surface area contributed by atoms with Gasteiger partial charge in [0.25, 0.3) is 5.91 Å². The smallest absolute Gasteiger partial charge is 0.407 e. The highest BCUT2D eigenvalue weighted by Gasteiger charge is 2.47. The van der Waals surface area contributed by atoms with Gasteiger partial charge in [-0.15, -0.1) is 0 Å². The first-order valence-corrected chi connectivity index (χ1v) is 18.5. The topological polar surface area (TPSA) is 154 Å². The van der Waals surface area contributed by atoms with Crippen molar-refractivity contribution in [3.8, 4) is 0 Å². The number of ether oxygens (including phenoxy) is 1. The molecule has 1 aromatic rings. The van der Waals surface area contributed by atoms with Crippen molar-refractivity contribution >= 4 is 39.7 Å². The molecule has 0 aromatic heterocycles. The fourth-order valence-electron chi connectivity index (χ4n) is 7.39. The van der Waals surface area contributed by atoms with Gasteiger partial charge in [-0.1, -0.05) is 32.1 Å². The Bertz CT molecular complexity index is 1400. The molecule has 0 unspecified atom stereocenters. The summed E-state index contributed by atoms with van der Waals surface area (Å²) in [6, 6.07) is 4.63. The summed E-state index contributed by atoms with van der Waals surface area (Å²) in [5.74, 6) is -1.17. The molecule has 3 N–H and O–H groups in total. The molecule has 2 aliphatic carbocycles. The zero-order chi connectivity index (χ0) is 35.2. The highest BCUT2D eigenvalue weighted by Crippen LogP contribution is 2.41. The average molecular weight is 694 g/mol. The van der Waals surface area contributed by atoms with Gasteiger partial charge in [0.05, 0.1) is 6.04 Å². The summed E-state index contributed by atoms with van der Waals surface area (Å²) in [6.07, 6.45) is 7.76. The number of alkyl halides is 1. The second kappa shape index (κ2) is 16.0.